The van der Waals surface area contributed by atoms with Crippen LogP contribution in [0.2, 0.25) is 0 Å². The van der Waals surface area contributed by atoms with Gasteiger partial charge in [0.1, 0.15) is 4.90 Å². The standard InChI is InChI=1S/C13H23N3O2S2/c1-15-20(17,18)13-7-6-11(10-12(13)14)16-8-4-3-5-9-19-2/h6-7,10,15-16H,3-5,8-9,14H2,1-2H3. The Hall–Kier alpha value is -0.920. The topological polar surface area (TPSA) is 84.2 Å². The molecule has 0 aromatic heterocycles. The molecule has 0 atom stereocenters. The third-order valence-corrected chi connectivity index (χ3v) is 5.11. The average molecular weight is 317 g/mol. The molecule has 0 spiro atoms. The lowest BCUT2D eigenvalue weighted by atomic mass is 10.2. The van der Waals surface area contributed by atoms with E-state index >= 15 is 0 Å². The Morgan fingerprint density at radius 3 is 2.60 bits per heavy atom. The zero-order valence-corrected chi connectivity index (χ0v) is 13.6. The largest absolute Gasteiger partial charge is 0.398 e. The fraction of sp³-hybridized carbons (Fsp3) is 0.538. The first-order valence-electron chi connectivity index (χ1n) is 6.57. The maximum Gasteiger partial charge on any atom is 0.242 e. The number of sulfonamides is 1. The summed E-state index contributed by atoms with van der Waals surface area (Å²) in [6.07, 6.45) is 5.62. The lowest BCUT2D eigenvalue weighted by molar-refractivity contribution is 0.588. The van der Waals surface area contributed by atoms with Gasteiger partial charge in [0.15, 0.2) is 0 Å². The lowest BCUT2D eigenvalue weighted by Crippen LogP contribution is -2.20. The Morgan fingerprint density at radius 2 is 2.00 bits per heavy atom. The number of hydrogen-bond acceptors (Lipinski definition) is 5. The number of thioether (sulfide) groups is 1. The molecule has 1 aromatic rings. The van der Waals surface area contributed by atoms with Crippen LogP contribution in [0, 0.1) is 0 Å². The molecule has 0 unspecified atom stereocenters. The fourth-order valence-corrected chi connectivity index (χ4v) is 3.12. The number of nitrogen functional groups attached to an aromatic ring is 1. The van der Waals surface area contributed by atoms with Crippen LogP contribution < -0.4 is 15.8 Å². The molecule has 0 aliphatic carbocycles. The summed E-state index contributed by atoms with van der Waals surface area (Å²) in [6.45, 7) is 0.867. The van der Waals surface area contributed by atoms with Gasteiger partial charge in [-0.25, -0.2) is 13.1 Å². The van der Waals surface area contributed by atoms with Crippen molar-refractivity contribution in [3.05, 3.63) is 18.2 Å². The Kier molecular flexibility index (Phi) is 7.18. The third-order valence-electron chi connectivity index (χ3n) is 2.92. The summed E-state index contributed by atoms with van der Waals surface area (Å²) in [5, 5.41) is 3.26. The lowest BCUT2D eigenvalue weighted by Gasteiger charge is -2.10. The minimum atomic E-state index is -3.49. The molecule has 0 aliphatic heterocycles. The zero-order valence-electron chi connectivity index (χ0n) is 12.0. The van der Waals surface area contributed by atoms with Crippen LogP contribution in [0.3, 0.4) is 0 Å². The van der Waals surface area contributed by atoms with Crippen LogP contribution in [0.5, 0.6) is 0 Å². The molecule has 0 bridgehead atoms. The van der Waals surface area contributed by atoms with E-state index in [2.05, 4.69) is 16.3 Å². The van der Waals surface area contributed by atoms with Crippen molar-refractivity contribution < 1.29 is 8.42 Å². The van der Waals surface area contributed by atoms with Gasteiger partial charge in [-0.15, -0.1) is 0 Å². The van der Waals surface area contributed by atoms with Gasteiger partial charge in [0.2, 0.25) is 10.0 Å². The van der Waals surface area contributed by atoms with Gasteiger partial charge in [-0.3, -0.25) is 0 Å². The van der Waals surface area contributed by atoms with E-state index < -0.39 is 10.0 Å². The summed E-state index contributed by atoms with van der Waals surface area (Å²) < 4.78 is 25.6. The Labute approximate surface area is 125 Å². The normalized spacial score (nSPS) is 11.5. The Morgan fingerprint density at radius 1 is 1.25 bits per heavy atom. The van der Waals surface area contributed by atoms with Gasteiger partial charge in [-0.05, 0) is 50.1 Å². The number of anilines is 2. The van der Waals surface area contributed by atoms with Gasteiger partial charge in [0.25, 0.3) is 0 Å². The number of hydrogen-bond donors (Lipinski definition) is 3. The minimum Gasteiger partial charge on any atom is -0.398 e. The predicted molar refractivity (Wildman–Crippen MR) is 87.8 cm³/mol. The van der Waals surface area contributed by atoms with E-state index in [1.165, 1.54) is 31.7 Å². The van der Waals surface area contributed by atoms with E-state index in [0.29, 0.717) is 0 Å². The third kappa shape index (κ3) is 5.22. The number of unbranched alkanes of at least 4 members (excludes halogenated alkanes) is 2. The second kappa shape index (κ2) is 8.39. The van der Waals surface area contributed by atoms with E-state index in [1.807, 2.05) is 11.8 Å². The predicted octanol–water partition coefficient (Wildman–Crippen LogP) is 2.12. The van der Waals surface area contributed by atoms with Crippen LogP contribution in [0.1, 0.15) is 19.3 Å². The zero-order chi connectivity index (χ0) is 15.0. The number of nitrogens with two attached hydrogens (primary N) is 1. The van der Waals surface area contributed by atoms with Crippen molar-refractivity contribution in [2.75, 3.05) is 36.7 Å². The van der Waals surface area contributed by atoms with Crippen LogP contribution in [0.25, 0.3) is 0 Å². The maximum absolute atomic E-state index is 11.7. The molecule has 0 aliphatic rings. The summed E-state index contributed by atoms with van der Waals surface area (Å²) in [5.74, 6) is 1.20. The first kappa shape index (κ1) is 17.1. The van der Waals surface area contributed by atoms with Crippen LogP contribution in [0.4, 0.5) is 11.4 Å². The SMILES string of the molecule is CNS(=O)(=O)c1ccc(NCCCCCSC)cc1N. The van der Waals surface area contributed by atoms with Crippen molar-refractivity contribution in [1.82, 2.24) is 4.72 Å². The summed E-state index contributed by atoms with van der Waals surface area (Å²) in [5.41, 5.74) is 6.90. The summed E-state index contributed by atoms with van der Waals surface area (Å²) in [4.78, 5) is 0.116. The summed E-state index contributed by atoms with van der Waals surface area (Å²) >= 11 is 1.86. The van der Waals surface area contributed by atoms with Crippen LogP contribution in [0.15, 0.2) is 23.1 Å². The quantitative estimate of drug-likeness (QED) is 0.480. The van der Waals surface area contributed by atoms with Gasteiger partial charge in [0.05, 0.1) is 5.69 Å². The highest BCUT2D eigenvalue weighted by Crippen LogP contribution is 2.22. The minimum absolute atomic E-state index is 0.116. The molecule has 0 heterocycles. The van der Waals surface area contributed by atoms with Gasteiger partial charge < -0.3 is 11.1 Å². The fourth-order valence-electron chi connectivity index (χ4n) is 1.79. The highest BCUT2D eigenvalue weighted by molar-refractivity contribution is 7.98. The summed E-state index contributed by atoms with van der Waals surface area (Å²) in [7, 11) is -2.12. The molecule has 1 aromatic carbocycles. The molecule has 7 heteroatoms. The summed E-state index contributed by atoms with van der Waals surface area (Å²) in [6, 6.07) is 4.92. The van der Waals surface area contributed by atoms with Crippen molar-refractivity contribution in [2.24, 2.45) is 0 Å². The van der Waals surface area contributed by atoms with Crippen molar-refractivity contribution in [3.8, 4) is 0 Å². The van der Waals surface area contributed by atoms with Crippen LogP contribution >= 0.6 is 11.8 Å². The van der Waals surface area contributed by atoms with Gasteiger partial charge in [0, 0.05) is 12.2 Å². The van der Waals surface area contributed by atoms with Crippen LogP contribution in [-0.4, -0.2) is 34.0 Å². The first-order valence-corrected chi connectivity index (χ1v) is 9.45. The molecule has 4 N–H and O–H groups in total. The molecular weight excluding hydrogens is 294 g/mol. The van der Waals surface area contributed by atoms with Crippen molar-refractivity contribution in [1.29, 1.82) is 0 Å². The molecular formula is C13H23N3O2S2. The van der Waals surface area contributed by atoms with Gasteiger partial charge in [-0.1, -0.05) is 6.42 Å². The average Bonchev–Trinajstić information content (AvgIpc) is 2.42. The van der Waals surface area contributed by atoms with E-state index in [4.69, 9.17) is 5.73 Å². The molecule has 0 radical (unpaired) electrons. The highest BCUT2D eigenvalue weighted by Gasteiger charge is 2.14. The molecule has 5 nitrogen and oxygen atoms in total. The molecule has 1 rings (SSSR count). The monoisotopic (exact) mass is 317 g/mol. The number of rotatable bonds is 9. The van der Waals surface area contributed by atoms with E-state index in [9.17, 15) is 8.42 Å². The second-order valence-corrected chi connectivity index (χ2v) is 7.28. The molecule has 20 heavy (non-hydrogen) atoms. The smallest absolute Gasteiger partial charge is 0.242 e. The van der Waals surface area contributed by atoms with Crippen molar-refractivity contribution in [3.63, 3.8) is 0 Å². The molecule has 0 saturated carbocycles. The molecule has 0 amide bonds. The number of nitrogens with one attached hydrogen (secondary N) is 2. The van der Waals surface area contributed by atoms with Crippen LogP contribution in [-0.2, 0) is 10.0 Å². The molecule has 0 saturated heterocycles. The Bertz CT molecular complexity index is 518. The number of benzene rings is 1. The van der Waals surface area contributed by atoms with E-state index in [-0.39, 0.29) is 10.6 Å². The molecule has 0 fully saturated rings. The van der Waals surface area contributed by atoms with Gasteiger partial charge in [-0.2, -0.15) is 11.8 Å². The Balaban J connectivity index is 2.52. The second-order valence-electron chi connectivity index (χ2n) is 4.44. The molecule has 114 valence electrons. The van der Waals surface area contributed by atoms with Gasteiger partial charge >= 0.3 is 0 Å². The van der Waals surface area contributed by atoms with Crippen molar-refractivity contribution >= 4 is 33.2 Å². The van der Waals surface area contributed by atoms with E-state index in [0.717, 1.165) is 18.7 Å². The maximum atomic E-state index is 11.7. The first-order chi connectivity index (χ1) is 9.51. The van der Waals surface area contributed by atoms with Crippen molar-refractivity contribution in [2.45, 2.75) is 24.2 Å². The highest BCUT2D eigenvalue weighted by atomic mass is 32.2. The van der Waals surface area contributed by atoms with E-state index in [1.54, 1.807) is 12.1 Å².